The highest BCUT2D eigenvalue weighted by Crippen LogP contribution is 2.61. The topological polar surface area (TPSA) is 0 Å². The molecule has 0 fully saturated rings. The third-order valence-electron chi connectivity index (χ3n) is 6.94. The fourth-order valence-electron chi connectivity index (χ4n) is 4.50. The summed E-state index contributed by atoms with van der Waals surface area (Å²) in [5.41, 5.74) is 0. The van der Waals surface area contributed by atoms with E-state index in [1.165, 1.54) is 38.5 Å². The maximum atomic E-state index is 2.61. The Balaban J connectivity index is 5.88. The van der Waals surface area contributed by atoms with Crippen LogP contribution in [0.25, 0.3) is 0 Å². The zero-order valence-electron chi connectivity index (χ0n) is 15.3. The summed E-state index contributed by atoms with van der Waals surface area (Å²) in [5.74, 6) is 0. The van der Waals surface area contributed by atoms with E-state index in [9.17, 15) is 0 Å². The number of hydrogen-bond acceptors (Lipinski definition) is 0. The highest BCUT2D eigenvalue weighted by Gasteiger charge is 2.51. The second-order valence-electron chi connectivity index (χ2n) is 7.52. The Morgan fingerprint density at radius 3 is 0.737 bits per heavy atom. The molecule has 0 saturated heterocycles. The molecule has 0 aromatic rings. The first kappa shape index (κ1) is 19.2. The molecule has 0 saturated carbocycles. The van der Waals surface area contributed by atoms with Crippen molar-refractivity contribution in [2.45, 2.75) is 116 Å². The van der Waals surface area contributed by atoms with Crippen molar-refractivity contribution < 1.29 is 0 Å². The molecule has 19 heavy (non-hydrogen) atoms. The quantitative estimate of drug-likeness (QED) is 0.402. The molecule has 0 aliphatic carbocycles. The summed E-state index contributed by atoms with van der Waals surface area (Å²) in [6.07, 6.45) is 8.20. The number of hydrogen-bond donors (Lipinski definition) is 0. The van der Waals surface area contributed by atoms with Gasteiger partial charge in [0.1, 0.15) is 0 Å². The lowest BCUT2D eigenvalue weighted by molar-refractivity contribution is 0.414. The molecule has 0 aliphatic heterocycles. The molecule has 0 N–H and O–H groups in total. The molecule has 0 atom stereocenters. The van der Waals surface area contributed by atoms with Gasteiger partial charge in [0, 0.05) is 0 Å². The summed E-state index contributed by atoms with van der Waals surface area (Å²) in [4.78, 5) is 0. The minimum atomic E-state index is -0.924. The second-order valence-corrected chi connectivity index (χ2v) is 12.6. The molecule has 0 aromatic heterocycles. The van der Waals surface area contributed by atoms with Gasteiger partial charge in [-0.3, -0.25) is 0 Å². The van der Waals surface area contributed by atoms with Crippen molar-refractivity contribution in [2.75, 3.05) is 0 Å². The SMILES string of the molecule is CCC(C)(CC)[SiH](C(C)(CC)CC)C(C)(CC)CC. The van der Waals surface area contributed by atoms with Crippen LogP contribution in [-0.4, -0.2) is 8.80 Å². The van der Waals surface area contributed by atoms with Crippen LogP contribution in [-0.2, 0) is 0 Å². The Bertz CT molecular complexity index is 202. The van der Waals surface area contributed by atoms with Crippen molar-refractivity contribution in [1.29, 1.82) is 0 Å². The third kappa shape index (κ3) is 3.65. The molecule has 1 heteroatoms. The number of rotatable bonds is 9. The molecule has 0 rings (SSSR count). The van der Waals surface area contributed by atoms with Gasteiger partial charge in [-0.1, -0.05) is 101 Å². The van der Waals surface area contributed by atoms with Crippen LogP contribution in [0.1, 0.15) is 101 Å². The van der Waals surface area contributed by atoms with E-state index in [4.69, 9.17) is 0 Å². The van der Waals surface area contributed by atoms with Gasteiger partial charge < -0.3 is 0 Å². The van der Waals surface area contributed by atoms with Crippen molar-refractivity contribution in [1.82, 2.24) is 0 Å². The lowest BCUT2D eigenvalue weighted by Crippen LogP contribution is -2.48. The van der Waals surface area contributed by atoms with E-state index in [0.29, 0.717) is 15.1 Å². The van der Waals surface area contributed by atoms with Crippen LogP contribution in [0, 0.1) is 0 Å². The molecular formula is C18H40Si. The molecule has 0 bridgehead atoms. The molecule has 0 radical (unpaired) electrons. The van der Waals surface area contributed by atoms with E-state index in [1.54, 1.807) is 0 Å². The van der Waals surface area contributed by atoms with Crippen molar-refractivity contribution in [3.63, 3.8) is 0 Å². The van der Waals surface area contributed by atoms with Gasteiger partial charge in [0.2, 0.25) is 0 Å². The Hall–Kier alpha value is 0.217. The normalized spacial score (nSPS) is 14.2. The lowest BCUT2D eigenvalue weighted by atomic mass is 10.0. The predicted molar refractivity (Wildman–Crippen MR) is 94.0 cm³/mol. The average molecular weight is 285 g/mol. The highest BCUT2D eigenvalue weighted by atomic mass is 28.3. The minimum absolute atomic E-state index is 0.613. The largest absolute Gasteiger partial charge is 0.0651 e. The van der Waals surface area contributed by atoms with E-state index in [0.717, 1.165) is 0 Å². The van der Waals surface area contributed by atoms with E-state index in [1.807, 2.05) is 0 Å². The van der Waals surface area contributed by atoms with E-state index < -0.39 is 8.80 Å². The van der Waals surface area contributed by atoms with Crippen LogP contribution in [0.2, 0.25) is 15.1 Å². The molecule has 116 valence electrons. The van der Waals surface area contributed by atoms with Gasteiger partial charge in [-0.05, 0) is 15.1 Å². The molecule has 0 spiro atoms. The molecule has 0 aromatic carbocycles. The van der Waals surface area contributed by atoms with Gasteiger partial charge in [0.25, 0.3) is 0 Å². The van der Waals surface area contributed by atoms with Gasteiger partial charge in [0.05, 0.1) is 8.80 Å². The summed E-state index contributed by atoms with van der Waals surface area (Å²) in [7, 11) is -0.924. The van der Waals surface area contributed by atoms with Crippen LogP contribution in [0.4, 0.5) is 0 Å². The molecule has 0 unspecified atom stereocenters. The van der Waals surface area contributed by atoms with Gasteiger partial charge >= 0.3 is 0 Å². The fourth-order valence-corrected chi connectivity index (χ4v) is 12.0. The Morgan fingerprint density at radius 1 is 0.474 bits per heavy atom. The van der Waals surface area contributed by atoms with Crippen molar-refractivity contribution in [3.8, 4) is 0 Å². The third-order valence-corrected chi connectivity index (χ3v) is 13.6. The maximum absolute atomic E-state index is 2.61. The Labute approximate surface area is 125 Å². The van der Waals surface area contributed by atoms with Gasteiger partial charge in [-0.2, -0.15) is 0 Å². The van der Waals surface area contributed by atoms with Crippen LogP contribution in [0.3, 0.4) is 0 Å². The molecule has 0 heterocycles. The second kappa shape index (κ2) is 7.29. The van der Waals surface area contributed by atoms with Crippen molar-refractivity contribution in [3.05, 3.63) is 0 Å². The summed E-state index contributed by atoms with van der Waals surface area (Å²) >= 11 is 0. The van der Waals surface area contributed by atoms with Crippen molar-refractivity contribution in [2.24, 2.45) is 0 Å². The predicted octanol–water partition coefficient (Wildman–Crippen LogP) is 6.95. The highest BCUT2D eigenvalue weighted by molar-refractivity contribution is 6.68. The fraction of sp³-hybridized carbons (Fsp3) is 1.00. The first-order chi connectivity index (χ1) is 8.73. The van der Waals surface area contributed by atoms with E-state index in [-0.39, 0.29) is 0 Å². The van der Waals surface area contributed by atoms with Crippen LogP contribution >= 0.6 is 0 Å². The van der Waals surface area contributed by atoms with Crippen LogP contribution in [0.5, 0.6) is 0 Å². The minimum Gasteiger partial charge on any atom is -0.0651 e. The summed E-state index contributed by atoms with van der Waals surface area (Å²) in [6, 6.07) is 0. The van der Waals surface area contributed by atoms with E-state index >= 15 is 0 Å². The summed E-state index contributed by atoms with van der Waals surface area (Å²) in [5, 5.41) is 1.84. The zero-order valence-corrected chi connectivity index (χ0v) is 16.5. The standard InChI is InChI=1S/C18H40Si/c1-10-16(7,11-2)19(17(8,12-3)13-4)18(9,14-5)15-6/h19H,10-15H2,1-9H3. The Morgan fingerprint density at radius 2 is 0.632 bits per heavy atom. The molecule has 0 aliphatic rings. The first-order valence-corrected chi connectivity index (χ1v) is 10.5. The molecule has 0 amide bonds. The van der Waals surface area contributed by atoms with Gasteiger partial charge in [-0.25, -0.2) is 0 Å². The molecular weight excluding hydrogens is 244 g/mol. The Kier molecular flexibility index (Phi) is 7.37. The van der Waals surface area contributed by atoms with Crippen molar-refractivity contribution >= 4 is 8.80 Å². The van der Waals surface area contributed by atoms with Gasteiger partial charge in [-0.15, -0.1) is 0 Å². The van der Waals surface area contributed by atoms with E-state index in [2.05, 4.69) is 62.3 Å². The smallest absolute Gasteiger partial charge is 0.0547 e. The maximum Gasteiger partial charge on any atom is 0.0547 e. The van der Waals surface area contributed by atoms with Crippen LogP contribution < -0.4 is 0 Å². The lowest BCUT2D eigenvalue weighted by Gasteiger charge is -2.55. The summed E-state index contributed by atoms with van der Waals surface area (Å²) < 4.78 is 0. The van der Waals surface area contributed by atoms with Crippen LogP contribution in [0.15, 0.2) is 0 Å². The average Bonchev–Trinajstić information content (AvgIpc) is 2.46. The monoisotopic (exact) mass is 284 g/mol. The molecule has 0 nitrogen and oxygen atoms in total. The first-order valence-electron chi connectivity index (χ1n) is 8.73. The van der Waals surface area contributed by atoms with Gasteiger partial charge in [0.15, 0.2) is 0 Å². The zero-order chi connectivity index (χ0) is 15.3. The summed E-state index contributed by atoms with van der Waals surface area (Å²) in [6.45, 7) is 22.4.